The number of halogens is 2. The maximum Gasteiger partial charge on any atom is 0.255 e. The summed E-state index contributed by atoms with van der Waals surface area (Å²) in [4.78, 5) is 8.23. The molecule has 1 aromatic rings. The number of hydrogen-bond acceptors (Lipinski definition) is 4. The lowest BCUT2D eigenvalue weighted by Gasteiger charge is -2.08. The SMILES string of the molecule is CCCNc1nc(C)cc(NCC(F)F)n1. The highest BCUT2D eigenvalue weighted by Gasteiger charge is 2.05. The normalized spacial score (nSPS) is 10.6. The largest absolute Gasteiger partial charge is 0.364 e. The van der Waals surface area contributed by atoms with Crippen molar-refractivity contribution in [1.82, 2.24) is 9.97 Å². The van der Waals surface area contributed by atoms with E-state index in [1.54, 1.807) is 13.0 Å². The number of nitrogens with one attached hydrogen (secondary N) is 2. The fraction of sp³-hybridized carbons (Fsp3) is 0.600. The predicted molar refractivity (Wildman–Crippen MR) is 60.0 cm³/mol. The molecule has 1 heterocycles. The number of aryl methyl sites for hydroxylation is 1. The molecule has 2 N–H and O–H groups in total. The van der Waals surface area contributed by atoms with Gasteiger partial charge in [-0.15, -0.1) is 0 Å². The van der Waals surface area contributed by atoms with Crippen molar-refractivity contribution in [3.63, 3.8) is 0 Å². The van der Waals surface area contributed by atoms with Gasteiger partial charge in [-0.2, -0.15) is 4.98 Å². The minimum absolute atomic E-state index is 0.399. The summed E-state index contributed by atoms with van der Waals surface area (Å²) in [6.45, 7) is 4.19. The van der Waals surface area contributed by atoms with Crippen LogP contribution in [0.15, 0.2) is 6.07 Å². The Labute approximate surface area is 93.5 Å². The lowest BCUT2D eigenvalue weighted by molar-refractivity contribution is 0.163. The van der Waals surface area contributed by atoms with Crippen LogP contribution in [0.25, 0.3) is 0 Å². The maximum absolute atomic E-state index is 12.0. The molecular weight excluding hydrogens is 214 g/mol. The van der Waals surface area contributed by atoms with Crippen molar-refractivity contribution < 1.29 is 8.78 Å². The molecule has 0 atom stereocenters. The van der Waals surface area contributed by atoms with Gasteiger partial charge >= 0.3 is 0 Å². The molecule has 0 aliphatic heterocycles. The molecule has 1 aromatic heterocycles. The highest BCUT2D eigenvalue weighted by Crippen LogP contribution is 2.10. The van der Waals surface area contributed by atoms with Crippen LogP contribution in [-0.2, 0) is 0 Å². The Morgan fingerprint density at radius 2 is 2.06 bits per heavy atom. The van der Waals surface area contributed by atoms with E-state index in [2.05, 4.69) is 20.6 Å². The minimum atomic E-state index is -2.39. The molecule has 6 heteroatoms. The van der Waals surface area contributed by atoms with Crippen molar-refractivity contribution >= 4 is 11.8 Å². The van der Waals surface area contributed by atoms with Crippen LogP contribution in [0, 0.1) is 6.92 Å². The predicted octanol–water partition coefficient (Wildman–Crippen LogP) is 2.28. The Hall–Kier alpha value is -1.46. The van der Waals surface area contributed by atoms with E-state index >= 15 is 0 Å². The molecule has 16 heavy (non-hydrogen) atoms. The van der Waals surface area contributed by atoms with Gasteiger partial charge in [0.1, 0.15) is 5.82 Å². The molecule has 0 fully saturated rings. The molecule has 0 bridgehead atoms. The molecule has 0 radical (unpaired) electrons. The van der Waals surface area contributed by atoms with Crippen LogP contribution < -0.4 is 10.6 Å². The molecule has 0 spiro atoms. The Bertz CT molecular complexity index is 331. The second kappa shape index (κ2) is 6.19. The summed E-state index contributed by atoms with van der Waals surface area (Å²) in [6.07, 6.45) is -1.43. The smallest absolute Gasteiger partial charge is 0.255 e. The van der Waals surface area contributed by atoms with E-state index in [0.717, 1.165) is 18.7 Å². The van der Waals surface area contributed by atoms with Crippen molar-refractivity contribution in [2.24, 2.45) is 0 Å². The van der Waals surface area contributed by atoms with E-state index in [-0.39, 0.29) is 0 Å². The molecule has 0 saturated carbocycles. The Kier molecular flexibility index (Phi) is 4.88. The van der Waals surface area contributed by atoms with Crippen LogP contribution in [0.4, 0.5) is 20.5 Å². The van der Waals surface area contributed by atoms with Gasteiger partial charge in [0.15, 0.2) is 0 Å². The second-order valence-corrected chi connectivity index (χ2v) is 3.42. The fourth-order valence-corrected chi connectivity index (χ4v) is 1.16. The van der Waals surface area contributed by atoms with Crippen LogP contribution in [0.5, 0.6) is 0 Å². The van der Waals surface area contributed by atoms with E-state index in [1.165, 1.54) is 0 Å². The van der Waals surface area contributed by atoms with Gasteiger partial charge in [-0.05, 0) is 13.3 Å². The summed E-state index contributed by atoms with van der Waals surface area (Å²) < 4.78 is 24.0. The molecular formula is C10H16F2N4. The lowest BCUT2D eigenvalue weighted by atomic mass is 10.4. The van der Waals surface area contributed by atoms with E-state index in [0.29, 0.717) is 11.8 Å². The van der Waals surface area contributed by atoms with E-state index in [1.807, 2.05) is 6.92 Å². The summed E-state index contributed by atoms with van der Waals surface area (Å²) in [7, 11) is 0. The summed E-state index contributed by atoms with van der Waals surface area (Å²) in [5.41, 5.74) is 0.741. The van der Waals surface area contributed by atoms with Gasteiger partial charge in [-0.1, -0.05) is 6.92 Å². The number of hydrogen-bond donors (Lipinski definition) is 2. The summed E-state index contributed by atoms with van der Waals surface area (Å²) in [5.74, 6) is 0.894. The molecule has 90 valence electrons. The molecule has 0 amide bonds. The molecule has 0 saturated heterocycles. The van der Waals surface area contributed by atoms with Gasteiger partial charge in [0, 0.05) is 18.3 Å². The first-order valence-electron chi connectivity index (χ1n) is 5.23. The zero-order valence-corrected chi connectivity index (χ0v) is 9.43. The second-order valence-electron chi connectivity index (χ2n) is 3.42. The van der Waals surface area contributed by atoms with E-state index in [9.17, 15) is 8.78 Å². The average Bonchev–Trinajstić information content (AvgIpc) is 2.23. The first-order chi connectivity index (χ1) is 7.61. The molecule has 0 aliphatic carbocycles. The van der Waals surface area contributed by atoms with Crippen LogP contribution in [0.2, 0.25) is 0 Å². The molecule has 0 unspecified atom stereocenters. The fourth-order valence-electron chi connectivity index (χ4n) is 1.16. The lowest BCUT2D eigenvalue weighted by Crippen LogP contribution is -2.13. The number of anilines is 2. The Morgan fingerprint density at radius 1 is 1.31 bits per heavy atom. The topological polar surface area (TPSA) is 49.8 Å². The van der Waals surface area contributed by atoms with Crippen molar-refractivity contribution in [3.05, 3.63) is 11.8 Å². The first-order valence-corrected chi connectivity index (χ1v) is 5.23. The quantitative estimate of drug-likeness (QED) is 0.787. The maximum atomic E-state index is 12.0. The van der Waals surface area contributed by atoms with Crippen LogP contribution in [0.1, 0.15) is 19.0 Å². The number of nitrogens with zero attached hydrogens (tertiary/aromatic N) is 2. The summed E-state index contributed by atoms with van der Waals surface area (Å²) in [5, 5.41) is 5.57. The highest BCUT2D eigenvalue weighted by atomic mass is 19.3. The summed E-state index contributed by atoms with van der Waals surface area (Å²) >= 11 is 0. The standard InChI is InChI=1S/C10H16F2N4/c1-3-4-13-10-15-7(2)5-9(16-10)14-6-8(11)12/h5,8H,3-4,6H2,1-2H3,(H2,13,14,15,16). The van der Waals surface area contributed by atoms with Gasteiger partial charge in [0.05, 0.1) is 6.54 Å². The minimum Gasteiger partial charge on any atom is -0.364 e. The van der Waals surface area contributed by atoms with Gasteiger partial charge in [0.25, 0.3) is 6.43 Å². The number of alkyl halides is 2. The molecule has 4 nitrogen and oxygen atoms in total. The third-order valence-electron chi connectivity index (χ3n) is 1.82. The van der Waals surface area contributed by atoms with Crippen molar-refractivity contribution in [2.45, 2.75) is 26.7 Å². The van der Waals surface area contributed by atoms with Gasteiger partial charge in [-0.3, -0.25) is 0 Å². The van der Waals surface area contributed by atoms with E-state index < -0.39 is 13.0 Å². The van der Waals surface area contributed by atoms with Gasteiger partial charge < -0.3 is 10.6 Å². The number of aromatic nitrogens is 2. The third-order valence-corrected chi connectivity index (χ3v) is 1.82. The van der Waals surface area contributed by atoms with Crippen LogP contribution >= 0.6 is 0 Å². The highest BCUT2D eigenvalue weighted by molar-refractivity contribution is 5.42. The monoisotopic (exact) mass is 230 g/mol. The van der Waals surface area contributed by atoms with Gasteiger partial charge in [-0.25, -0.2) is 13.8 Å². The van der Waals surface area contributed by atoms with E-state index in [4.69, 9.17) is 0 Å². The van der Waals surface area contributed by atoms with Crippen molar-refractivity contribution in [2.75, 3.05) is 23.7 Å². The molecule has 0 aromatic carbocycles. The van der Waals surface area contributed by atoms with Crippen LogP contribution in [0.3, 0.4) is 0 Å². The Morgan fingerprint density at radius 3 is 2.69 bits per heavy atom. The zero-order valence-electron chi connectivity index (χ0n) is 9.43. The summed E-state index contributed by atoms with van der Waals surface area (Å²) in [6, 6.07) is 1.64. The Balaban J connectivity index is 2.65. The zero-order chi connectivity index (χ0) is 12.0. The third kappa shape index (κ3) is 4.37. The molecule has 0 aliphatic rings. The average molecular weight is 230 g/mol. The first kappa shape index (κ1) is 12.6. The number of rotatable bonds is 6. The molecule has 1 rings (SSSR count). The van der Waals surface area contributed by atoms with Gasteiger partial charge in [0.2, 0.25) is 5.95 Å². The van der Waals surface area contributed by atoms with Crippen molar-refractivity contribution in [1.29, 1.82) is 0 Å². The van der Waals surface area contributed by atoms with Crippen molar-refractivity contribution in [3.8, 4) is 0 Å². The van der Waals surface area contributed by atoms with Crippen LogP contribution in [-0.4, -0.2) is 29.5 Å².